The predicted molar refractivity (Wildman–Crippen MR) is 125 cm³/mol. The van der Waals surface area contributed by atoms with Gasteiger partial charge in [0.2, 0.25) is 0 Å². The standard InChI is InChI=1S/C26H27N3O3/c1-19-10-11-21(17-20(19)2)25(30)27-24(18-23-9-6-16-32-23)26(31)29-14-12-28(13-15-29)22-7-4-3-5-8-22/h3-11,16-18H,12-15H2,1-2H3,(H,27,30). The van der Waals surface area contributed by atoms with Gasteiger partial charge in [0.1, 0.15) is 11.5 Å². The van der Waals surface area contributed by atoms with Crippen molar-refractivity contribution in [2.24, 2.45) is 0 Å². The lowest BCUT2D eigenvalue weighted by atomic mass is 10.1. The van der Waals surface area contributed by atoms with Crippen LogP contribution in [0.3, 0.4) is 0 Å². The fraction of sp³-hybridized carbons (Fsp3) is 0.231. The number of rotatable bonds is 5. The fourth-order valence-electron chi connectivity index (χ4n) is 3.72. The quantitative estimate of drug-likeness (QED) is 0.623. The number of aryl methyl sites for hydroxylation is 2. The summed E-state index contributed by atoms with van der Waals surface area (Å²) < 4.78 is 5.39. The number of nitrogens with one attached hydrogen (secondary N) is 1. The number of carbonyl (C=O) groups is 2. The Labute approximate surface area is 188 Å². The Kier molecular flexibility index (Phi) is 6.40. The normalized spacial score (nSPS) is 14.4. The average molecular weight is 430 g/mol. The summed E-state index contributed by atoms with van der Waals surface area (Å²) in [4.78, 5) is 30.3. The van der Waals surface area contributed by atoms with E-state index in [0.29, 0.717) is 24.4 Å². The van der Waals surface area contributed by atoms with Crippen LogP contribution in [0.25, 0.3) is 6.08 Å². The molecular weight excluding hydrogens is 402 g/mol. The van der Waals surface area contributed by atoms with Crippen molar-refractivity contribution in [2.75, 3.05) is 31.1 Å². The molecule has 6 nitrogen and oxygen atoms in total. The molecule has 2 amide bonds. The molecule has 1 aromatic heterocycles. The topological polar surface area (TPSA) is 65.8 Å². The zero-order valence-electron chi connectivity index (χ0n) is 18.4. The highest BCUT2D eigenvalue weighted by molar-refractivity contribution is 6.05. The first-order chi connectivity index (χ1) is 15.5. The molecule has 0 spiro atoms. The summed E-state index contributed by atoms with van der Waals surface area (Å²) in [5.41, 5.74) is 4.00. The van der Waals surface area contributed by atoms with Gasteiger partial charge in [-0.2, -0.15) is 0 Å². The third-order valence-electron chi connectivity index (χ3n) is 5.77. The predicted octanol–water partition coefficient (Wildman–Crippen LogP) is 4.02. The van der Waals surface area contributed by atoms with Crippen LogP contribution in [0.15, 0.2) is 77.0 Å². The minimum Gasteiger partial charge on any atom is -0.465 e. The Morgan fingerprint density at radius 2 is 1.66 bits per heavy atom. The van der Waals surface area contributed by atoms with Crippen LogP contribution in [0.5, 0.6) is 0 Å². The zero-order valence-corrected chi connectivity index (χ0v) is 18.4. The Morgan fingerprint density at radius 1 is 0.906 bits per heavy atom. The van der Waals surface area contributed by atoms with Gasteiger partial charge in [-0.15, -0.1) is 0 Å². The molecule has 0 atom stereocenters. The number of para-hydroxylation sites is 1. The van der Waals surface area contributed by atoms with Gasteiger partial charge >= 0.3 is 0 Å². The van der Waals surface area contributed by atoms with E-state index in [-0.39, 0.29) is 17.5 Å². The van der Waals surface area contributed by atoms with Gasteiger partial charge in [-0.05, 0) is 61.4 Å². The van der Waals surface area contributed by atoms with Crippen LogP contribution in [0, 0.1) is 13.8 Å². The molecule has 0 unspecified atom stereocenters. The molecule has 0 saturated carbocycles. The molecule has 6 heteroatoms. The molecule has 164 valence electrons. The van der Waals surface area contributed by atoms with E-state index >= 15 is 0 Å². The molecule has 4 rings (SSSR count). The largest absolute Gasteiger partial charge is 0.465 e. The number of hydrogen-bond acceptors (Lipinski definition) is 4. The van der Waals surface area contributed by atoms with E-state index in [1.165, 1.54) is 6.26 Å². The van der Waals surface area contributed by atoms with Crippen LogP contribution in [-0.4, -0.2) is 42.9 Å². The lowest BCUT2D eigenvalue weighted by Crippen LogP contribution is -2.50. The second-order valence-corrected chi connectivity index (χ2v) is 7.94. The maximum Gasteiger partial charge on any atom is 0.270 e. The van der Waals surface area contributed by atoms with Crippen LogP contribution in [-0.2, 0) is 4.79 Å². The molecule has 32 heavy (non-hydrogen) atoms. The van der Waals surface area contributed by atoms with Crippen molar-refractivity contribution in [3.8, 4) is 0 Å². The number of hydrogen-bond donors (Lipinski definition) is 1. The van der Waals surface area contributed by atoms with Crippen molar-refractivity contribution in [3.63, 3.8) is 0 Å². The summed E-state index contributed by atoms with van der Waals surface area (Å²) in [6.45, 7) is 6.57. The van der Waals surface area contributed by atoms with Gasteiger partial charge in [-0.3, -0.25) is 9.59 Å². The van der Waals surface area contributed by atoms with E-state index in [4.69, 9.17) is 4.42 Å². The average Bonchev–Trinajstić information content (AvgIpc) is 3.34. The van der Waals surface area contributed by atoms with Crippen molar-refractivity contribution in [1.82, 2.24) is 10.2 Å². The molecule has 2 aromatic carbocycles. The Bertz CT molecular complexity index is 1110. The van der Waals surface area contributed by atoms with Crippen LogP contribution in [0.4, 0.5) is 5.69 Å². The highest BCUT2D eigenvalue weighted by Crippen LogP contribution is 2.18. The summed E-state index contributed by atoms with van der Waals surface area (Å²) in [6, 6.07) is 19.2. The van der Waals surface area contributed by atoms with Crippen LogP contribution in [0.1, 0.15) is 27.2 Å². The number of furan rings is 1. The molecule has 2 heterocycles. The third kappa shape index (κ3) is 4.91. The van der Waals surface area contributed by atoms with Crippen LogP contribution in [0.2, 0.25) is 0 Å². The third-order valence-corrected chi connectivity index (χ3v) is 5.77. The maximum atomic E-state index is 13.3. The fourth-order valence-corrected chi connectivity index (χ4v) is 3.72. The number of anilines is 1. The van der Waals surface area contributed by atoms with Crippen LogP contribution >= 0.6 is 0 Å². The minimum atomic E-state index is -0.317. The molecule has 1 aliphatic rings. The van der Waals surface area contributed by atoms with Gasteiger partial charge in [-0.1, -0.05) is 24.3 Å². The SMILES string of the molecule is Cc1ccc(C(=O)NC(=Cc2ccco2)C(=O)N2CCN(c3ccccc3)CC2)cc1C. The lowest BCUT2D eigenvalue weighted by Gasteiger charge is -2.36. The van der Waals surface area contributed by atoms with E-state index in [9.17, 15) is 9.59 Å². The molecule has 3 aromatic rings. The van der Waals surface area contributed by atoms with Gasteiger partial charge in [0, 0.05) is 43.5 Å². The van der Waals surface area contributed by atoms with E-state index in [2.05, 4.69) is 22.3 Å². The van der Waals surface area contributed by atoms with Gasteiger partial charge in [-0.25, -0.2) is 0 Å². The molecular formula is C26H27N3O3. The van der Waals surface area contributed by atoms with E-state index in [1.807, 2.05) is 44.2 Å². The van der Waals surface area contributed by atoms with E-state index in [1.54, 1.807) is 29.2 Å². The van der Waals surface area contributed by atoms with E-state index in [0.717, 1.165) is 29.9 Å². The molecule has 1 aliphatic heterocycles. The monoisotopic (exact) mass is 429 g/mol. The molecule has 1 fully saturated rings. The lowest BCUT2D eigenvalue weighted by molar-refractivity contribution is -0.127. The number of piperazine rings is 1. The van der Waals surface area contributed by atoms with Crippen molar-refractivity contribution in [2.45, 2.75) is 13.8 Å². The summed E-state index contributed by atoms with van der Waals surface area (Å²) in [5.74, 6) is -0.0230. The van der Waals surface area contributed by atoms with Crippen molar-refractivity contribution in [3.05, 3.63) is 95.1 Å². The van der Waals surface area contributed by atoms with Crippen molar-refractivity contribution in [1.29, 1.82) is 0 Å². The first-order valence-electron chi connectivity index (χ1n) is 10.7. The summed E-state index contributed by atoms with van der Waals surface area (Å²) in [7, 11) is 0. The first-order valence-corrected chi connectivity index (χ1v) is 10.7. The first kappa shape index (κ1) is 21.4. The molecule has 0 radical (unpaired) electrons. The number of benzene rings is 2. The maximum absolute atomic E-state index is 13.3. The minimum absolute atomic E-state index is 0.205. The zero-order chi connectivity index (χ0) is 22.5. The molecule has 1 saturated heterocycles. The molecule has 0 aliphatic carbocycles. The van der Waals surface area contributed by atoms with Crippen molar-refractivity contribution < 1.29 is 14.0 Å². The second kappa shape index (κ2) is 9.56. The smallest absolute Gasteiger partial charge is 0.270 e. The second-order valence-electron chi connectivity index (χ2n) is 7.94. The number of nitrogens with zero attached hydrogens (tertiary/aromatic N) is 2. The van der Waals surface area contributed by atoms with Gasteiger partial charge < -0.3 is 19.5 Å². The van der Waals surface area contributed by atoms with E-state index < -0.39 is 0 Å². The number of amides is 2. The highest BCUT2D eigenvalue weighted by atomic mass is 16.3. The molecule has 0 bridgehead atoms. The highest BCUT2D eigenvalue weighted by Gasteiger charge is 2.25. The van der Waals surface area contributed by atoms with Gasteiger partial charge in [0.15, 0.2) is 0 Å². The van der Waals surface area contributed by atoms with Gasteiger partial charge in [0.05, 0.1) is 6.26 Å². The summed E-state index contributed by atoms with van der Waals surface area (Å²) in [5, 5.41) is 2.82. The Balaban J connectivity index is 1.50. The number of carbonyl (C=O) groups excluding carboxylic acids is 2. The molecule has 1 N–H and O–H groups in total. The summed E-state index contributed by atoms with van der Waals surface area (Å²) in [6.07, 6.45) is 3.13. The Hall–Kier alpha value is -3.80. The van der Waals surface area contributed by atoms with Crippen molar-refractivity contribution >= 4 is 23.6 Å². The Morgan fingerprint density at radius 3 is 2.31 bits per heavy atom. The van der Waals surface area contributed by atoms with Crippen LogP contribution < -0.4 is 10.2 Å². The van der Waals surface area contributed by atoms with Gasteiger partial charge in [0.25, 0.3) is 11.8 Å². The summed E-state index contributed by atoms with van der Waals surface area (Å²) >= 11 is 0.